The Morgan fingerprint density at radius 3 is 1.83 bits per heavy atom. The Morgan fingerprint density at radius 2 is 1.83 bits per heavy atom. The Bertz CT molecular complexity index is 202. The van der Waals surface area contributed by atoms with Gasteiger partial charge in [-0.3, -0.25) is 4.79 Å². The number of hydrogen-bond acceptors (Lipinski definition) is 4. The van der Waals surface area contributed by atoms with Crippen molar-refractivity contribution in [2.45, 2.75) is 0 Å². The van der Waals surface area contributed by atoms with Gasteiger partial charge in [0, 0.05) is 0 Å². The van der Waals surface area contributed by atoms with Crippen molar-refractivity contribution in [2.75, 3.05) is 18.9 Å². The van der Waals surface area contributed by atoms with Crippen LogP contribution in [0.1, 0.15) is 4.11 Å². The van der Waals surface area contributed by atoms with Crippen LogP contribution < -0.4 is 5.32 Å². The van der Waals surface area contributed by atoms with Gasteiger partial charge in [0.05, 0.1) is 11.9 Å². The van der Waals surface area contributed by atoms with E-state index < -0.39 is 18.2 Å². The third kappa shape index (κ3) is 99.1. The van der Waals surface area contributed by atoms with Gasteiger partial charge in [-0.15, -0.1) is 0 Å². The Morgan fingerprint density at radius 1 is 1.50 bits per heavy atom. The molecule has 0 aromatic carbocycles. The quantitative estimate of drug-likeness (QED) is 0.455. The molecule has 72 valence electrons. The van der Waals surface area contributed by atoms with Crippen LogP contribution in [0.2, 0.25) is 0 Å². The van der Waals surface area contributed by atoms with Crippen LogP contribution in [0.15, 0.2) is 0 Å². The van der Waals surface area contributed by atoms with Gasteiger partial charge in [-0.2, -0.15) is 0 Å². The van der Waals surface area contributed by atoms with Crippen molar-refractivity contribution in [3.05, 3.63) is 0 Å². The highest BCUT2D eigenvalue weighted by molar-refractivity contribution is 9.09. The number of likely N-dealkylation sites (N-methyl/N-ethyl adjacent to an activating group) is 1. The van der Waals surface area contributed by atoms with Crippen molar-refractivity contribution < 1.29 is 18.5 Å². The summed E-state index contributed by atoms with van der Waals surface area (Å²) in [7, 11) is 1.63. The van der Waals surface area contributed by atoms with Crippen molar-refractivity contribution in [3.63, 3.8) is 0 Å². The maximum atomic E-state index is 9.65. The lowest BCUT2D eigenvalue weighted by atomic mass is 10.7. The van der Waals surface area contributed by atoms with E-state index in [1.165, 1.54) is 0 Å². The molecule has 0 saturated heterocycles. The third-order valence-electron chi connectivity index (χ3n) is 0.303. The fraction of sp³-hybridized carbons (Fsp3) is 0.500. The molecule has 0 unspecified atom stereocenters. The molecule has 0 saturated carbocycles. The highest BCUT2D eigenvalue weighted by Crippen LogP contribution is 1.65. The Kier molecular flexibility index (Phi) is 25.3. The van der Waals surface area contributed by atoms with Gasteiger partial charge in [0.25, 0.3) is 0 Å². The molecule has 0 aliphatic carbocycles. The van der Waals surface area contributed by atoms with Gasteiger partial charge >= 0.3 is 0 Å². The molecule has 0 rings (SSSR count). The number of carbonyl (C=O) groups excluding carboxylic acids is 3. The Balaban J connectivity index is -0.000000147. The highest BCUT2D eigenvalue weighted by atomic mass is 79.9. The molecule has 0 fully saturated rings. The summed E-state index contributed by atoms with van der Waals surface area (Å²) in [5.41, 5.74) is -1.11. The van der Waals surface area contributed by atoms with Crippen molar-refractivity contribution in [1.29, 1.82) is 0 Å². The van der Waals surface area contributed by atoms with Gasteiger partial charge in [-0.05, 0) is 18.6 Å². The summed E-state index contributed by atoms with van der Waals surface area (Å²) in [5, 5.41) is 2.68. The molecule has 1 N–H and O–H groups in total. The smallest absolute Gasteiger partial charge is 0.208 e. The topological polar surface area (TPSA) is 63.2 Å². The molecule has 0 amide bonds. The number of alkyl halides is 1. The van der Waals surface area contributed by atoms with Gasteiger partial charge < -0.3 is 14.9 Å². The molecule has 0 aliphatic heterocycles. The first-order valence-corrected chi connectivity index (χ1v) is 4.13. The lowest BCUT2D eigenvalue weighted by Crippen LogP contribution is -2.07. The van der Waals surface area contributed by atoms with E-state index in [0.717, 1.165) is 0 Å². The van der Waals surface area contributed by atoms with E-state index in [4.69, 9.17) is 8.91 Å². The van der Waals surface area contributed by atoms with Crippen LogP contribution in [0.25, 0.3) is 0 Å². The van der Waals surface area contributed by atoms with Gasteiger partial charge in [0.15, 0.2) is 0 Å². The maximum Gasteiger partial charge on any atom is 0.208 e. The average Bonchev–Trinajstić information content (AvgIpc) is 2.03. The zero-order chi connectivity index (χ0) is 12.9. The molecular formula is C6H11BrClNO3. The van der Waals surface area contributed by atoms with Crippen molar-refractivity contribution in [1.82, 2.24) is 5.32 Å². The average molecular weight is 264 g/mol. The van der Waals surface area contributed by atoms with Crippen molar-refractivity contribution in [3.8, 4) is 0 Å². The predicted octanol–water partition coefficient (Wildman–Crippen LogP) is 0.400. The summed E-state index contributed by atoms with van der Waals surface area (Å²) in [5.74, 6) is 0. The molecule has 0 aromatic heterocycles. The minimum atomic E-state index is -1.11. The molecule has 0 aliphatic rings. The number of halogens is 2. The second kappa shape index (κ2) is 30.9. The second-order valence-electron chi connectivity index (χ2n) is 1.03. The lowest BCUT2D eigenvalue weighted by molar-refractivity contribution is -0.107. The first-order valence-electron chi connectivity index (χ1n) is 4.13. The number of nitrogens with one attached hydrogen (secondary N) is 1. The number of rotatable bonds is 3. The molecule has 4 nitrogen and oxygen atoms in total. The Hall–Kier alpha value is -0.260. The van der Waals surface area contributed by atoms with Crippen LogP contribution in [-0.2, 0) is 14.4 Å². The van der Waals surface area contributed by atoms with Crippen molar-refractivity contribution in [2.24, 2.45) is 0 Å². The summed E-state index contributed by atoms with van der Waals surface area (Å²) in [6.45, 7) is 0.153. The zero-order valence-corrected chi connectivity index (χ0v) is 8.74. The van der Waals surface area contributed by atoms with E-state index in [2.05, 4.69) is 32.8 Å². The fourth-order valence-corrected chi connectivity index (χ4v) is 0.0722. The molecular weight excluding hydrogens is 249 g/mol. The fourth-order valence-electron chi connectivity index (χ4n) is 0.0722. The van der Waals surface area contributed by atoms with Crippen LogP contribution in [-0.4, -0.2) is 37.2 Å². The third-order valence-corrected chi connectivity index (χ3v) is 0.532. The predicted molar refractivity (Wildman–Crippen MR) is 52.5 cm³/mol. The van der Waals surface area contributed by atoms with Crippen LogP contribution in [0.5, 0.6) is 0 Å². The molecule has 12 heavy (non-hydrogen) atoms. The molecule has 0 bridgehead atoms. The monoisotopic (exact) mass is 262 g/mol. The standard InChI is InChI=1S/C3H7NO.C2H3BrO.CHClO/c1-4-2-3-5;3-1-2-4;2-1-3/h3-4H,2H2,1H3;2H,1H2;1H/i3D;2D;1D. The summed E-state index contributed by atoms with van der Waals surface area (Å²) in [4.78, 5) is 28.0. The number of hydrogen-bond donors (Lipinski definition) is 1. The van der Waals surface area contributed by atoms with E-state index in [1.54, 1.807) is 7.05 Å². The van der Waals surface area contributed by atoms with Crippen LogP contribution in [0.3, 0.4) is 0 Å². The number of carbonyl (C=O) groups is 3. The highest BCUT2D eigenvalue weighted by Gasteiger charge is 1.62. The van der Waals surface area contributed by atoms with E-state index in [0.29, 0.717) is 0 Å². The second-order valence-corrected chi connectivity index (χ2v) is 1.74. The van der Waals surface area contributed by atoms with E-state index in [9.17, 15) is 9.59 Å². The van der Waals surface area contributed by atoms with Crippen molar-refractivity contribution >= 4 is 45.8 Å². The SMILES string of the molecule is [2H]C(=O)CBr.[2H]C(=O)CNC.[2H]C(=O)Cl. The molecule has 0 atom stereocenters. The molecule has 0 spiro atoms. The maximum absolute atomic E-state index is 9.65. The first-order chi connectivity index (χ1) is 6.77. The summed E-state index contributed by atoms with van der Waals surface area (Å²) >= 11 is 7.08. The van der Waals surface area contributed by atoms with Gasteiger partial charge in [0.2, 0.25) is 5.72 Å². The molecule has 0 aromatic rings. The van der Waals surface area contributed by atoms with Crippen LogP contribution in [0, 0.1) is 0 Å². The lowest BCUT2D eigenvalue weighted by Gasteiger charge is -1.75. The Labute approximate surface area is 89.0 Å². The normalized spacial score (nSPS) is 9.75. The molecule has 6 heteroatoms. The molecule has 0 heterocycles. The van der Waals surface area contributed by atoms with Crippen LogP contribution >= 0.6 is 27.5 Å². The minimum absolute atomic E-state index is 0.146. The van der Waals surface area contributed by atoms with Gasteiger partial charge in [-0.25, -0.2) is 0 Å². The summed E-state index contributed by atoms with van der Waals surface area (Å²) in [6.07, 6.45) is -1.15. The minimum Gasteiger partial charge on any atom is -0.313 e. The number of aldehydes is 2. The van der Waals surface area contributed by atoms with E-state index in [-0.39, 0.29) is 11.9 Å². The van der Waals surface area contributed by atoms with Gasteiger partial charge in [0.1, 0.15) is 16.6 Å². The largest absolute Gasteiger partial charge is 0.313 e. The zero-order valence-electron chi connectivity index (χ0n) is 9.39. The summed E-state index contributed by atoms with van der Waals surface area (Å²) < 4.78 is 18.1. The van der Waals surface area contributed by atoms with E-state index in [1.807, 2.05) is 0 Å². The molecule has 0 radical (unpaired) electrons. The van der Waals surface area contributed by atoms with Crippen LogP contribution in [0.4, 0.5) is 0 Å². The summed E-state index contributed by atoms with van der Waals surface area (Å²) in [6, 6.07) is 0. The van der Waals surface area contributed by atoms with Gasteiger partial charge in [-0.1, -0.05) is 15.9 Å². The van der Waals surface area contributed by atoms with E-state index >= 15 is 0 Å². The first kappa shape index (κ1) is 9.83.